The van der Waals surface area contributed by atoms with Gasteiger partial charge < -0.3 is 9.84 Å². The Balaban J connectivity index is 1.64. The number of hydrogen-bond acceptors (Lipinski definition) is 5. The molecule has 0 aromatic heterocycles. The molecule has 0 bridgehead atoms. The summed E-state index contributed by atoms with van der Waals surface area (Å²) in [5, 5.41) is 9.59. The van der Waals surface area contributed by atoms with Crippen LogP contribution in [-0.2, 0) is 13.1 Å². The lowest BCUT2D eigenvalue weighted by Gasteiger charge is -2.41. The summed E-state index contributed by atoms with van der Waals surface area (Å²) in [7, 11) is 1.72. The number of thioether (sulfide) groups is 1. The van der Waals surface area contributed by atoms with Crippen LogP contribution in [0.25, 0.3) is 0 Å². The highest BCUT2D eigenvalue weighted by Crippen LogP contribution is 2.23. The monoisotopic (exact) mass is 400 g/mol. The molecule has 0 radical (unpaired) electrons. The summed E-state index contributed by atoms with van der Waals surface area (Å²) in [6, 6.07) is 15.6. The topological polar surface area (TPSA) is 35.9 Å². The van der Waals surface area contributed by atoms with Gasteiger partial charge in [0.2, 0.25) is 0 Å². The summed E-state index contributed by atoms with van der Waals surface area (Å²) in [6.07, 6.45) is 2.94. The molecule has 1 atom stereocenters. The van der Waals surface area contributed by atoms with Crippen molar-refractivity contribution in [3.05, 3.63) is 59.2 Å². The van der Waals surface area contributed by atoms with E-state index in [1.54, 1.807) is 18.9 Å². The Kier molecular flexibility index (Phi) is 7.80. The number of rotatable bonds is 8. The normalized spacial score (nSPS) is 18.4. The quantitative estimate of drug-likeness (QED) is 0.682. The molecule has 2 aromatic rings. The van der Waals surface area contributed by atoms with Crippen LogP contribution in [0.4, 0.5) is 0 Å². The van der Waals surface area contributed by atoms with Gasteiger partial charge in [-0.2, -0.15) is 0 Å². The van der Waals surface area contributed by atoms with Crippen LogP contribution in [0.2, 0.25) is 0 Å². The van der Waals surface area contributed by atoms with Crippen molar-refractivity contribution in [2.45, 2.75) is 37.4 Å². The highest BCUT2D eigenvalue weighted by Gasteiger charge is 2.26. The minimum absolute atomic E-state index is 0.235. The molecule has 1 aliphatic rings. The highest BCUT2D eigenvalue weighted by molar-refractivity contribution is 7.98. The molecule has 1 fully saturated rings. The van der Waals surface area contributed by atoms with Gasteiger partial charge in [0.25, 0.3) is 0 Å². The van der Waals surface area contributed by atoms with Crippen LogP contribution >= 0.6 is 11.8 Å². The van der Waals surface area contributed by atoms with E-state index in [2.05, 4.69) is 65.4 Å². The minimum atomic E-state index is 0.235. The van der Waals surface area contributed by atoms with Gasteiger partial charge in [0.1, 0.15) is 5.75 Å². The third-order valence-corrected chi connectivity index (χ3v) is 6.26. The van der Waals surface area contributed by atoms with Gasteiger partial charge in [-0.05, 0) is 54.5 Å². The second kappa shape index (κ2) is 10.3. The number of aliphatic hydroxyl groups excluding tert-OH is 1. The predicted octanol–water partition coefficient (Wildman–Crippen LogP) is 3.79. The number of ether oxygens (including phenoxy) is 1. The Morgan fingerprint density at radius 1 is 1.11 bits per heavy atom. The number of benzene rings is 2. The van der Waals surface area contributed by atoms with E-state index < -0.39 is 0 Å². The fourth-order valence-corrected chi connectivity index (χ4v) is 4.52. The molecule has 1 aliphatic heterocycles. The zero-order chi connectivity index (χ0) is 19.9. The maximum absolute atomic E-state index is 9.59. The third kappa shape index (κ3) is 5.51. The molecule has 152 valence electrons. The predicted molar refractivity (Wildman–Crippen MR) is 117 cm³/mol. The Morgan fingerprint density at radius 3 is 2.64 bits per heavy atom. The van der Waals surface area contributed by atoms with E-state index in [4.69, 9.17) is 4.74 Å². The van der Waals surface area contributed by atoms with E-state index in [-0.39, 0.29) is 6.61 Å². The van der Waals surface area contributed by atoms with Crippen molar-refractivity contribution >= 4 is 11.8 Å². The molecule has 0 spiro atoms. The first-order valence-electron chi connectivity index (χ1n) is 9.96. The van der Waals surface area contributed by atoms with E-state index in [0.717, 1.165) is 44.9 Å². The first kappa shape index (κ1) is 21.2. The molecular weight excluding hydrogens is 368 g/mol. The van der Waals surface area contributed by atoms with Gasteiger partial charge in [-0.3, -0.25) is 9.80 Å². The Labute approximate surface area is 173 Å². The Hall–Kier alpha value is -1.53. The molecule has 0 amide bonds. The molecule has 1 N–H and O–H groups in total. The van der Waals surface area contributed by atoms with Crippen molar-refractivity contribution < 1.29 is 9.84 Å². The number of methoxy groups -OCH3 is 1. The molecule has 0 saturated carbocycles. The standard InChI is InChI=1S/C23H32N2O2S/c1-18-13-20(7-8-23(18)27-2)16-25-11-10-24(17-21(25)9-12-26)15-19-5-4-6-22(14-19)28-3/h4-8,13-14,21,26H,9-12,15-17H2,1-3H3/t21-/m1/s1. The molecular formula is C23H32N2O2S. The zero-order valence-corrected chi connectivity index (χ0v) is 18.0. The third-order valence-electron chi connectivity index (χ3n) is 5.54. The van der Waals surface area contributed by atoms with Gasteiger partial charge in [0.05, 0.1) is 7.11 Å². The van der Waals surface area contributed by atoms with E-state index in [0.29, 0.717) is 6.04 Å². The first-order chi connectivity index (χ1) is 13.6. The molecule has 28 heavy (non-hydrogen) atoms. The van der Waals surface area contributed by atoms with Crippen molar-refractivity contribution in [1.82, 2.24) is 9.80 Å². The summed E-state index contributed by atoms with van der Waals surface area (Å²) < 4.78 is 5.38. The number of aryl methyl sites for hydroxylation is 1. The smallest absolute Gasteiger partial charge is 0.121 e. The van der Waals surface area contributed by atoms with E-state index in [9.17, 15) is 5.11 Å². The molecule has 0 unspecified atom stereocenters. The lowest BCUT2D eigenvalue weighted by Crippen LogP contribution is -2.52. The van der Waals surface area contributed by atoms with Crippen LogP contribution in [0.5, 0.6) is 5.75 Å². The van der Waals surface area contributed by atoms with Gasteiger partial charge in [0.15, 0.2) is 0 Å². The summed E-state index contributed by atoms with van der Waals surface area (Å²) in [5.74, 6) is 0.938. The first-order valence-corrected chi connectivity index (χ1v) is 11.2. The summed E-state index contributed by atoms with van der Waals surface area (Å²) >= 11 is 1.79. The van der Waals surface area contributed by atoms with Gasteiger partial charge in [0, 0.05) is 50.3 Å². The fourth-order valence-electron chi connectivity index (χ4n) is 4.03. The van der Waals surface area contributed by atoms with Gasteiger partial charge >= 0.3 is 0 Å². The molecule has 3 rings (SSSR count). The van der Waals surface area contributed by atoms with Crippen LogP contribution in [0, 0.1) is 6.92 Å². The van der Waals surface area contributed by atoms with Crippen molar-refractivity contribution in [2.24, 2.45) is 0 Å². The van der Waals surface area contributed by atoms with E-state index in [1.807, 2.05) is 0 Å². The number of nitrogens with zero attached hydrogens (tertiary/aromatic N) is 2. The van der Waals surface area contributed by atoms with Crippen molar-refractivity contribution in [3.63, 3.8) is 0 Å². The van der Waals surface area contributed by atoms with Gasteiger partial charge in [-0.1, -0.05) is 24.3 Å². The van der Waals surface area contributed by atoms with Crippen molar-refractivity contribution in [1.29, 1.82) is 0 Å². The van der Waals surface area contributed by atoms with Crippen molar-refractivity contribution in [2.75, 3.05) is 39.6 Å². The van der Waals surface area contributed by atoms with E-state index in [1.165, 1.54) is 21.6 Å². The molecule has 0 aliphatic carbocycles. The average Bonchev–Trinajstić information content (AvgIpc) is 2.70. The van der Waals surface area contributed by atoms with Crippen molar-refractivity contribution in [3.8, 4) is 5.75 Å². The average molecular weight is 401 g/mol. The number of hydrogen-bond donors (Lipinski definition) is 1. The van der Waals surface area contributed by atoms with E-state index >= 15 is 0 Å². The summed E-state index contributed by atoms with van der Waals surface area (Å²) in [4.78, 5) is 6.36. The second-order valence-electron chi connectivity index (χ2n) is 7.53. The maximum Gasteiger partial charge on any atom is 0.121 e. The fraction of sp³-hybridized carbons (Fsp3) is 0.478. The lowest BCUT2D eigenvalue weighted by atomic mass is 10.0. The maximum atomic E-state index is 9.59. The lowest BCUT2D eigenvalue weighted by molar-refractivity contribution is 0.0499. The second-order valence-corrected chi connectivity index (χ2v) is 8.41. The van der Waals surface area contributed by atoms with Crippen LogP contribution < -0.4 is 4.74 Å². The molecule has 4 nitrogen and oxygen atoms in total. The molecule has 1 heterocycles. The van der Waals surface area contributed by atoms with Crippen LogP contribution in [0.15, 0.2) is 47.4 Å². The van der Waals surface area contributed by atoms with Crippen LogP contribution in [0.3, 0.4) is 0 Å². The zero-order valence-electron chi connectivity index (χ0n) is 17.2. The largest absolute Gasteiger partial charge is 0.496 e. The number of piperazine rings is 1. The minimum Gasteiger partial charge on any atom is -0.496 e. The summed E-state index contributed by atoms with van der Waals surface area (Å²) in [6.45, 7) is 7.31. The Bertz CT molecular complexity index is 768. The van der Waals surface area contributed by atoms with Crippen LogP contribution in [0.1, 0.15) is 23.1 Å². The molecule has 2 aromatic carbocycles. The SMILES string of the molecule is COc1ccc(CN2CCN(Cc3cccc(SC)c3)C[C@H]2CCO)cc1C. The Morgan fingerprint density at radius 2 is 1.93 bits per heavy atom. The van der Waals surface area contributed by atoms with Gasteiger partial charge in [-0.25, -0.2) is 0 Å². The van der Waals surface area contributed by atoms with Gasteiger partial charge in [-0.15, -0.1) is 11.8 Å². The summed E-state index contributed by atoms with van der Waals surface area (Å²) in [5.41, 5.74) is 3.85. The van der Waals surface area contributed by atoms with Crippen LogP contribution in [-0.4, -0.2) is 60.6 Å². The highest BCUT2D eigenvalue weighted by atomic mass is 32.2. The molecule has 1 saturated heterocycles. The number of aliphatic hydroxyl groups is 1. The molecule has 5 heteroatoms.